The normalized spacial score (nSPS) is 15.2. The first-order valence-electron chi connectivity index (χ1n) is 6.42. The molecule has 1 aliphatic heterocycles. The standard InChI is InChI=1S/C15H17NO6/c1-16(2)7-9-11-8(14(17)22-15(9)18)6-10(19-3)12(20-4)13(11)21-5/h6-7H,1-5H3. The van der Waals surface area contributed by atoms with E-state index in [1.807, 2.05) is 0 Å². The van der Waals surface area contributed by atoms with E-state index < -0.39 is 11.9 Å². The fourth-order valence-corrected chi connectivity index (χ4v) is 2.26. The molecule has 0 aromatic heterocycles. The summed E-state index contributed by atoms with van der Waals surface area (Å²) in [4.78, 5) is 25.8. The van der Waals surface area contributed by atoms with Gasteiger partial charge in [-0.1, -0.05) is 0 Å². The number of hydrogen-bond donors (Lipinski definition) is 0. The van der Waals surface area contributed by atoms with Crippen LogP contribution in [-0.4, -0.2) is 52.3 Å². The van der Waals surface area contributed by atoms with Gasteiger partial charge in [0.15, 0.2) is 11.5 Å². The highest BCUT2D eigenvalue weighted by Gasteiger charge is 2.36. The number of ether oxygens (including phenoxy) is 4. The lowest BCUT2D eigenvalue weighted by Gasteiger charge is -2.23. The van der Waals surface area contributed by atoms with Crippen molar-refractivity contribution in [3.8, 4) is 17.2 Å². The monoisotopic (exact) mass is 307 g/mol. The van der Waals surface area contributed by atoms with E-state index in [-0.39, 0.29) is 16.9 Å². The minimum absolute atomic E-state index is 0.183. The third kappa shape index (κ3) is 2.45. The van der Waals surface area contributed by atoms with Gasteiger partial charge in [0.1, 0.15) is 0 Å². The van der Waals surface area contributed by atoms with Crippen LogP contribution in [0.25, 0.3) is 5.57 Å². The number of methoxy groups -OCH3 is 3. The number of benzene rings is 1. The molecule has 1 heterocycles. The molecular weight excluding hydrogens is 290 g/mol. The molecule has 0 amide bonds. The topological polar surface area (TPSA) is 74.3 Å². The zero-order valence-corrected chi connectivity index (χ0v) is 13.1. The Kier molecular flexibility index (Phi) is 4.25. The summed E-state index contributed by atoms with van der Waals surface area (Å²) in [7, 11) is 7.83. The number of cyclic esters (lactones) is 2. The van der Waals surface area contributed by atoms with Crippen molar-refractivity contribution >= 4 is 17.5 Å². The van der Waals surface area contributed by atoms with Crippen LogP contribution < -0.4 is 14.2 Å². The van der Waals surface area contributed by atoms with Crippen LogP contribution in [0.5, 0.6) is 17.2 Å². The third-order valence-electron chi connectivity index (χ3n) is 3.11. The maximum absolute atomic E-state index is 12.1. The molecule has 0 saturated carbocycles. The molecule has 1 aliphatic rings. The maximum atomic E-state index is 12.1. The number of esters is 2. The fourth-order valence-electron chi connectivity index (χ4n) is 2.26. The number of rotatable bonds is 4. The summed E-state index contributed by atoms with van der Waals surface area (Å²) in [6.45, 7) is 0. The molecule has 0 spiro atoms. The van der Waals surface area contributed by atoms with E-state index in [1.165, 1.54) is 27.4 Å². The zero-order chi connectivity index (χ0) is 16.4. The van der Waals surface area contributed by atoms with Gasteiger partial charge in [0.2, 0.25) is 5.75 Å². The molecule has 0 atom stereocenters. The van der Waals surface area contributed by atoms with Crippen LogP contribution in [0, 0.1) is 0 Å². The second kappa shape index (κ2) is 5.97. The van der Waals surface area contributed by atoms with E-state index >= 15 is 0 Å². The van der Waals surface area contributed by atoms with E-state index in [0.717, 1.165) is 0 Å². The quantitative estimate of drug-likeness (QED) is 0.471. The van der Waals surface area contributed by atoms with Crippen LogP contribution in [0.1, 0.15) is 15.9 Å². The van der Waals surface area contributed by atoms with E-state index in [2.05, 4.69) is 0 Å². The Labute approximate surface area is 128 Å². The van der Waals surface area contributed by atoms with Gasteiger partial charge in [-0.3, -0.25) is 0 Å². The molecule has 0 N–H and O–H groups in total. The van der Waals surface area contributed by atoms with E-state index in [9.17, 15) is 9.59 Å². The van der Waals surface area contributed by atoms with Crippen molar-refractivity contribution in [1.29, 1.82) is 0 Å². The summed E-state index contributed by atoms with van der Waals surface area (Å²) in [6, 6.07) is 1.47. The van der Waals surface area contributed by atoms with Crippen LogP contribution in [0.3, 0.4) is 0 Å². The number of nitrogens with zero attached hydrogens (tertiary/aromatic N) is 1. The van der Waals surface area contributed by atoms with Gasteiger partial charge in [0.05, 0.1) is 38.0 Å². The Bertz CT molecular complexity index is 662. The highest BCUT2D eigenvalue weighted by atomic mass is 16.6. The zero-order valence-electron chi connectivity index (χ0n) is 13.1. The third-order valence-corrected chi connectivity index (χ3v) is 3.11. The Morgan fingerprint density at radius 1 is 1.00 bits per heavy atom. The molecule has 1 aromatic rings. The minimum atomic E-state index is -0.754. The van der Waals surface area contributed by atoms with Crippen molar-refractivity contribution in [2.24, 2.45) is 0 Å². The number of carbonyl (C=O) groups is 2. The van der Waals surface area contributed by atoms with Gasteiger partial charge in [0, 0.05) is 20.3 Å². The van der Waals surface area contributed by atoms with Crippen molar-refractivity contribution in [3.05, 3.63) is 23.4 Å². The SMILES string of the molecule is COc1cc2c(c(OC)c1OC)C(=CN(C)C)C(=O)OC2=O. The van der Waals surface area contributed by atoms with E-state index in [4.69, 9.17) is 18.9 Å². The van der Waals surface area contributed by atoms with Crippen LogP contribution in [0.4, 0.5) is 0 Å². The van der Waals surface area contributed by atoms with Gasteiger partial charge >= 0.3 is 11.9 Å². The van der Waals surface area contributed by atoms with E-state index in [0.29, 0.717) is 17.1 Å². The molecule has 7 heteroatoms. The highest BCUT2D eigenvalue weighted by molar-refractivity contribution is 6.27. The summed E-state index contributed by atoms with van der Waals surface area (Å²) in [5.41, 5.74) is 0.717. The fraction of sp³-hybridized carbons (Fsp3) is 0.333. The smallest absolute Gasteiger partial charge is 0.348 e. The summed E-state index contributed by atoms with van der Waals surface area (Å²) in [5, 5.41) is 0. The lowest BCUT2D eigenvalue weighted by Crippen LogP contribution is -2.24. The molecule has 0 saturated heterocycles. The van der Waals surface area contributed by atoms with Gasteiger partial charge in [-0.05, 0) is 6.07 Å². The first-order valence-corrected chi connectivity index (χ1v) is 6.42. The predicted octanol–water partition coefficient (Wildman–Crippen LogP) is 1.31. The minimum Gasteiger partial charge on any atom is -0.493 e. The average Bonchev–Trinajstić information content (AvgIpc) is 2.48. The molecule has 0 unspecified atom stereocenters. The Morgan fingerprint density at radius 2 is 1.64 bits per heavy atom. The van der Waals surface area contributed by atoms with Gasteiger partial charge in [-0.2, -0.15) is 0 Å². The molecule has 2 rings (SSSR count). The summed E-state index contributed by atoms with van der Waals surface area (Å²) >= 11 is 0. The molecule has 0 bridgehead atoms. The van der Waals surface area contributed by atoms with Crippen molar-refractivity contribution < 1.29 is 28.5 Å². The molecule has 22 heavy (non-hydrogen) atoms. The highest BCUT2D eigenvalue weighted by Crippen LogP contribution is 2.46. The van der Waals surface area contributed by atoms with Crippen molar-refractivity contribution in [2.45, 2.75) is 0 Å². The molecular formula is C15H17NO6. The molecule has 1 aromatic carbocycles. The Hall–Kier alpha value is -2.70. The van der Waals surface area contributed by atoms with Gasteiger partial charge in [-0.15, -0.1) is 0 Å². The lowest BCUT2D eigenvalue weighted by atomic mass is 9.95. The number of hydrogen-bond acceptors (Lipinski definition) is 7. The predicted molar refractivity (Wildman–Crippen MR) is 78.2 cm³/mol. The summed E-state index contributed by atoms with van der Waals surface area (Å²) in [6.07, 6.45) is 1.56. The van der Waals surface area contributed by atoms with Crippen molar-refractivity contribution in [1.82, 2.24) is 4.90 Å². The van der Waals surface area contributed by atoms with Crippen LogP contribution in [-0.2, 0) is 9.53 Å². The Morgan fingerprint density at radius 3 is 2.14 bits per heavy atom. The number of carbonyl (C=O) groups excluding carboxylic acids is 2. The first-order chi connectivity index (χ1) is 10.4. The van der Waals surface area contributed by atoms with Crippen molar-refractivity contribution in [3.63, 3.8) is 0 Å². The lowest BCUT2D eigenvalue weighted by molar-refractivity contribution is -0.131. The van der Waals surface area contributed by atoms with Crippen LogP contribution >= 0.6 is 0 Å². The average molecular weight is 307 g/mol. The van der Waals surface area contributed by atoms with Gasteiger partial charge in [0.25, 0.3) is 0 Å². The van der Waals surface area contributed by atoms with Gasteiger partial charge < -0.3 is 23.8 Å². The second-order valence-electron chi connectivity index (χ2n) is 4.75. The van der Waals surface area contributed by atoms with Crippen LogP contribution in [0.15, 0.2) is 12.3 Å². The second-order valence-corrected chi connectivity index (χ2v) is 4.75. The number of fused-ring (bicyclic) bond motifs is 1. The van der Waals surface area contributed by atoms with Gasteiger partial charge in [-0.25, -0.2) is 9.59 Å². The molecule has 0 aliphatic carbocycles. The molecule has 0 fully saturated rings. The summed E-state index contributed by atoms with van der Waals surface area (Å²) < 4.78 is 20.6. The van der Waals surface area contributed by atoms with Crippen molar-refractivity contribution in [2.75, 3.05) is 35.4 Å². The largest absolute Gasteiger partial charge is 0.493 e. The molecule has 118 valence electrons. The summed E-state index contributed by atoms with van der Waals surface area (Å²) in [5.74, 6) is -0.633. The Balaban J connectivity index is 2.86. The van der Waals surface area contributed by atoms with Crippen LogP contribution in [0.2, 0.25) is 0 Å². The molecule has 7 nitrogen and oxygen atoms in total. The van der Waals surface area contributed by atoms with E-state index in [1.54, 1.807) is 25.2 Å². The molecule has 0 radical (unpaired) electrons. The maximum Gasteiger partial charge on any atom is 0.348 e. The first kappa shape index (κ1) is 15.7.